The monoisotopic (exact) mass is 256 g/mol. The second kappa shape index (κ2) is 7.14. The first-order valence-corrected chi connectivity index (χ1v) is 5.83. The molecule has 94 valence electrons. The fourth-order valence-electron chi connectivity index (χ4n) is 1.58. The van der Waals surface area contributed by atoms with E-state index in [0.29, 0.717) is 0 Å². The number of benzene rings is 1. The molecule has 0 aromatic heterocycles. The van der Waals surface area contributed by atoms with Gasteiger partial charge in [-0.15, -0.1) is 0 Å². The molecule has 0 saturated carbocycles. The molecule has 1 N–H and O–H groups in total. The highest BCUT2D eigenvalue weighted by Gasteiger charge is 2.14. The lowest BCUT2D eigenvalue weighted by Gasteiger charge is -2.32. The summed E-state index contributed by atoms with van der Waals surface area (Å²) >= 11 is 5.88. The second-order valence-electron chi connectivity index (χ2n) is 3.75. The number of carboxylic acid groups (broad SMARTS) is 1. The van der Waals surface area contributed by atoms with Crippen molar-refractivity contribution in [3.8, 4) is 0 Å². The van der Waals surface area contributed by atoms with Gasteiger partial charge < -0.3 is 10.0 Å². The predicted molar refractivity (Wildman–Crippen MR) is 69.4 cm³/mol. The maximum absolute atomic E-state index is 9.00. The van der Waals surface area contributed by atoms with Gasteiger partial charge in [0, 0.05) is 38.8 Å². The molecule has 1 saturated heterocycles. The molecule has 1 aliphatic heterocycles. The Hall–Kier alpha value is -1.26. The smallest absolute Gasteiger partial charge is 0.300 e. The number of carbonyl (C=O) groups is 1. The average Bonchev–Trinajstić information content (AvgIpc) is 2.30. The minimum absolute atomic E-state index is 0.833. The van der Waals surface area contributed by atoms with Crippen LogP contribution in [0.3, 0.4) is 0 Å². The van der Waals surface area contributed by atoms with E-state index in [1.54, 1.807) is 0 Å². The Morgan fingerprint density at radius 1 is 1.18 bits per heavy atom. The molecule has 1 heterocycles. The molecule has 1 fully saturated rings. The van der Waals surface area contributed by atoms with Crippen molar-refractivity contribution in [1.82, 2.24) is 4.42 Å². The Balaban J connectivity index is 0.000000317. The maximum Gasteiger partial charge on any atom is 0.300 e. The fraction of sp³-hybridized carbons (Fsp3) is 0.417. The normalized spacial score (nSPS) is 16.0. The van der Waals surface area contributed by atoms with Gasteiger partial charge in [0.05, 0.1) is 0 Å². The number of aliphatic carboxylic acids is 1. The largest absolute Gasteiger partial charge is 0.481 e. The van der Waals surface area contributed by atoms with E-state index in [9.17, 15) is 0 Å². The third-order valence-corrected chi connectivity index (χ3v) is 2.68. The van der Waals surface area contributed by atoms with Crippen LogP contribution in [0, 0.1) is 0 Å². The van der Waals surface area contributed by atoms with E-state index in [0.717, 1.165) is 33.1 Å². The van der Waals surface area contributed by atoms with Crippen LogP contribution in [0.25, 0.3) is 0 Å². The summed E-state index contributed by atoms with van der Waals surface area (Å²) in [6, 6.07) is 10.5. The van der Waals surface area contributed by atoms with Gasteiger partial charge in [-0.3, -0.25) is 4.79 Å². The summed E-state index contributed by atoms with van der Waals surface area (Å²) < 4.78 is 1.85. The molecule has 17 heavy (non-hydrogen) atoms. The number of rotatable bonds is 1. The molecule has 2 rings (SSSR count). The second-order valence-corrected chi connectivity index (χ2v) is 4.23. The van der Waals surface area contributed by atoms with Crippen molar-refractivity contribution >= 4 is 23.4 Å². The first-order valence-electron chi connectivity index (χ1n) is 5.50. The molecule has 0 spiro atoms. The van der Waals surface area contributed by atoms with Crippen LogP contribution in [-0.4, -0.2) is 41.7 Å². The van der Waals surface area contributed by atoms with Gasteiger partial charge in [0.1, 0.15) is 0 Å². The number of hydrogen-bond donors (Lipinski definition) is 1. The minimum Gasteiger partial charge on any atom is -0.481 e. The molecule has 0 radical (unpaired) electrons. The van der Waals surface area contributed by atoms with Crippen molar-refractivity contribution in [3.05, 3.63) is 30.3 Å². The molecule has 1 aliphatic rings. The van der Waals surface area contributed by atoms with Crippen LogP contribution in [0.4, 0.5) is 5.69 Å². The number of carboxylic acids is 1. The Bertz CT molecular complexity index is 334. The highest BCUT2D eigenvalue weighted by molar-refractivity contribution is 6.13. The molecule has 0 amide bonds. The fourth-order valence-corrected chi connectivity index (χ4v) is 1.73. The van der Waals surface area contributed by atoms with Gasteiger partial charge in [0.2, 0.25) is 0 Å². The van der Waals surface area contributed by atoms with Gasteiger partial charge in [-0.25, -0.2) is 4.42 Å². The molecule has 0 atom stereocenters. The van der Waals surface area contributed by atoms with Crippen molar-refractivity contribution in [2.24, 2.45) is 0 Å². The predicted octanol–water partition coefficient (Wildman–Crippen LogP) is 2.05. The number of piperazine rings is 1. The topological polar surface area (TPSA) is 43.8 Å². The van der Waals surface area contributed by atoms with Gasteiger partial charge in [-0.1, -0.05) is 18.2 Å². The van der Waals surface area contributed by atoms with Gasteiger partial charge in [0.15, 0.2) is 0 Å². The van der Waals surface area contributed by atoms with Crippen LogP contribution in [0.5, 0.6) is 0 Å². The van der Waals surface area contributed by atoms with E-state index in [-0.39, 0.29) is 0 Å². The standard InChI is InChI=1S/C10H13ClN2.C2H4O2/c11-13-8-6-12(7-9-13)10-4-2-1-3-5-10;1-2(3)4/h1-5H,6-9H2;1H3,(H,3,4). The summed E-state index contributed by atoms with van der Waals surface area (Å²) in [6.45, 7) is 5.01. The number of hydrogen-bond acceptors (Lipinski definition) is 3. The first kappa shape index (κ1) is 13.8. The van der Waals surface area contributed by atoms with E-state index < -0.39 is 5.97 Å². The highest BCUT2D eigenvalue weighted by Crippen LogP contribution is 2.15. The van der Waals surface area contributed by atoms with Gasteiger partial charge in [-0.2, -0.15) is 0 Å². The quantitative estimate of drug-likeness (QED) is 0.781. The van der Waals surface area contributed by atoms with Crippen LogP contribution in [-0.2, 0) is 4.79 Å². The lowest BCUT2D eigenvalue weighted by molar-refractivity contribution is -0.134. The van der Waals surface area contributed by atoms with E-state index in [4.69, 9.17) is 21.7 Å². The van der Waals surface area contributed by atoms with E-state index in [1.165, 1.54) is 5.69 Å². The van der Waals surface area contributed by atoms with E-state index in [2.05, 4.69) is 29.2 Å². The van der Waals surface area contributed by atoms with Crippen LogP contribution in [0.1, 0.15) is 6.92 Å². The molecular formula is C12H17ClN2O2. The van der Waals surface area contributed by atoms with Crippen LogP contribution >= 0.6 is 11.8 Å². The number of anilines is 1. The Morgan fingerprint density at radius 3 is 2.12 bits per heavy atom. The molecule has 1 aromatic carbocycles. The summed E-state index contributed by atoms with van der Waals surface area (Å²) in [7, 11) is 0. The molecule has 4 nitrogen and oxygen atoms in total. The van der Waals surface area contributed by atoms with Gasteiger partial charge >= 0.3 is 0 Å². The lowest BCUT2D eigenvalue weighted by Crippen LogP contribution is -2.42. The van der Waals surface area contributed by atoms with Crippen LogP contribution in [0.15, 0.2) is 30.3 Å². The summed E-state index contributed by atoms with van der Waals surface area (Å²) in [4.78, 5) is 11.4. The van der Waals surface area contributed by atoms with Crippen molar-refractivity contribution in [2.45, 2.75) is 6.92 Å². The van der Waals surface area contributed by atoms with Crippen molar-refractivity contribution < 1.29 is 9.90 Å². The van der Waals surface area contributed by atoms with E-state index >= 15 is 0 Å². The first-order chi connectivity index (χ1) is 8.09. The maximum atomic E-state index is 9.00. The molecule has 5 heteroatoms. The van der Waals surface area contributed by atoms with Crippen LogP contribution in [0.2, 0.25) is 0 Å². The average molecular weight is 257 g/mol. The zero-order valence-corrected chi connectivity index (χ0v) is 10.6. The zero-order chi connectivity index (χ0) is 12.7. The Labute approximate surface area is 107 Å². The molecule has 0 aliphatic carbocycles. The van der Waals surface area contributed by atoms with Crippen LogP contribution < -0.4 is 4.90 Å². The third-order valence-electron chi connectivity index (χ3n) is 2.35. The van der Waals surface area contributed by atoms with Crippen molar-refractivity contribution in [1.29, 1.82) is 0 Å². The van der Waals surface area contributed by atoms with E-state index in [1.807, 2.05) is 10.5 Å². The Morgan fingerprint density at radius 2 is 1.65 bits per heavy atom. The molecule has 0 unspecified atom stereocenters. The lowest BCUT2D eigenvalue weighted by atomic mass is 10.2. The summed E-state index contributed by atoms with van der Waals surface area (Å²) in [5, 5.41) is 7.42. The van der Waals surface area contributed by atoms with Gasteiger partial charge in [0.25, 0.3) is 5.97 Å². The zero-order valence-electron chi connectivity index (χ0n) is 9.84. The highest BCUT2D eigenvalue weighted by atomic mass is 35.5. The van der Waals surface area contributed by atoms with Gasteiger partial charge in [-0.05, 0) is 23.9 Å². The number of halogens is 1. The molecule has 1 aromatic rings. The molecular weight excluding hydrogens is 240 g/mol. The Kier molecular flexibility index (Phi) is 5.80. The third kappa shape index (κ3) is 5.56. The summed E-state index contributed by atoms with van der Waals surface area (Å²) in [5.74, 6) is -0.833. The van der Waals surface area contributed by atoms with Crippen molar-refractivity contribution in [3.63, 3.8) is 0 Å². The number of nitrogens with zero attached hydrogens (tertiary/aromatic N) is 2. The summed E-state index contributed by atoms with van der Waals surface area (Å²) in [5.41, 5.74) is 1.30. The van der Waals surface area contributed by atoms with Crippen molar-refractivity contribution in [2.75, 3.05) is 31.1 Å². The molecule has 0 bridgehead atoms. The SMILES string of the molecule is CC(=O)O.ClN1CCN(c2ccccc2)CC1. The summed E-state index contributed by atoms with van der Waals surface area (Å²) in [6.07, 6.45) is 0. The minimum atomic E-state index is -0.833. The number of para-hydroxylation sites is 1.